The lowest BCUT2D eigenvalue weighted by molar-refractivity contribution is -0.143. The van der Waals surface area contributed by atoms with E-state index in [1.54, 1.807) is 49.9 Å². The van der Waals surface area contributed by atoms with Gasteiger partial charge in [-0.15, -0.1) is 0 Å². The standard InChI is InChI=1S/C21H26N4O4/c1-2-29-20(27)14-25(13-16-6-7-16)21(28)17-4-3-5-18(12-17)23-19(26)8-10-24-11-9-22-15-24/h3-5,9,11-12,15-16H,2,6-8,10,13-14H2,1H3,(H,23,26). The molecule has 1 aliphatic rings. The van der Waals surface area contributed by atoms with Crippen LogP contribution in [0.3, 0.4) is 0 Å². The van der Waals surface area contributed by atoms with Crippen LogP contribution in [0.1, 0.15) is 36.5 Å². The minimum absolute atomic E-state index is 0.0648. The van der Waals surface area contributed by atoms with Crippen LogP contribution in [0.25, 0.3) is 0 Å². The minimum atomic E-state index is -0.412. The molecule has 29 heavy (non-hydrogen) atoms. The number of carbonyl (C=O) groups excluding carboxylic acids is 3. The summed E-state index contributed by atoms with van der Waals surface area (Å²) >= 11 is 0. The van der Waals surface area contributed by atoms with Crippen molar-refractivity contribution in [3.8, 4) is 0 Å². The van der Waals surface area contributed by atoms with E-state index in [4.69, 9.17) is 4.74 Å². The third kappa shape index (κ3) is 6.44. The average Bonchev–Trinajstić information content (AvgIpc) is 3.36. The van der Waals surface area contributed by atoms with E-state index in [0.717, 1.165) is 12.8 Å². The number of rotatable bonds is 10. The van der Waals surface area contributed by atoms with Gasteiger partial charge in [0.1, 0.15) is 6.54 Å². The summed E-state index contributed by atoms with van der Waals surface area (Å²) in [4.78, 5) is 42.5. The topological polar surface area (TPSA) is 93.5 Å². The van der Waals surface area contributed by atoms with Gasteiger partial charge >= 0.3 is 5.97 Å². The summed E-state index contributed by atoms with van der Waals surface area (Å²) in [6, 6.07) is 6.79. The summed E-state index contributed by atoms with van der Waals surface area (Å²) in [5.74, 6) is -0.353. The highest BCUT2D eigenvalue weighted by molar-refractivity contribution is 5.98. The zero-order chi connectivity index (χ0) is 20.6. The number of aryl methyl sites for hydroxylation is 1. The van der Waals surface area contributed by atoms with Gasteiger partial charge in [0.15, 0.2) is 0 Å². The van der Waals surface area contributed by atoms with Crippen LogP contribution >= 0.6 is 0 Å². The maximum atomic E-state index is 13.0. The van der Waals surface area contributed by atoms with Gasteiger partial charge in [0, 0.05) is 43.2 Å². The van der Waals surface area contributed by atoms with Gasteiger partial charge in [-0.3, -0.25) is 14.4 Å². The van der Waals surface area contributed by atoms with Crippen molar-refractivity contribution in [1.82, 2.24) is 14.5 Å². The number of carbonyl (C=O) groups is 3. The van der Waals surface area contributed by atoms with Gasteiger partial charge in [0.25, 0.3) is 5.91 Å². The summed E-state index contributed by atoms with van der Waals surface area (Å²) in [5.41, 5.74) is 0.983. The molecule has 1 heterocycles. The van der Waals surface area contributed by atoms with Gasteiger partial charge in [-0.25, -0.2) is 4.98 Å². The smallest absolute Gasteiger partial charge is 0.325 e. The predicted molar refractivity (Wildman–Crippen MR) is 107 cm³/mol. The SMILES string of the molecule is CCOC(=O)CN(CC1CC1)C(=O)c1cccc(NC(=O)CCn2ccnc2)c1. The first-order valence-electron chi connectivity index (χ1n) is 9.85. The number of imidazole rings is 1. The molecule has 8 heteroatoms. The highest BCUT2D eigenvalue weighted by atomic mass is 16.5. The van der Waals surface area contributed by atoms with E-state index >= 15 is 0 Å². The second-order valence-corrected chi connectivity index (χ2v) is 7.11. The molecule has 0 spiro atoms. The first kappa shape index (κ1) is 20.6. The Morgan fingerprint density at radius 1 is 1.31 bits per heavy atom. The molecule has 2 amide bonds. The second-order valence-electron chi connectivity index (χ2n) is 7.11. The summed E-state index contributed by atoms with van der Waals surface area (Å²) in [5, 5.41) is 2.82. The number of aromatic nitrogens is 2. The van der Waals surface area contributed by atoms with Crippen molar-refractivity contribution in [2.75, 3.05) is 25.0 Å². The number of benzene rings is 1. The van der Waals surface area contributed by atoms with E-state index in [-0.39, 0.29) is 25.0 Å². The number of esters is 1. The second kappa shape index (κ2) is 9.86. The molecule has 3 rings (SSSR count). The Morgan fingerprint density at radius 2 is 2.14 bits per heavy atom. The molecule has 0 radical (unpaired) electrons. The van der Waals surface area contributed by atoms with Crippen LogP contribution < -0.4 is 5.32 Å². The minimum Gasteiger partial charge on any atom is -0.465 e. The lowest BCUT2D eigenvalue weighted by Gasteiger charge is -2.22. The van der Waals surface area contributed by atoms with Crippen molar-refractivity contribution in [2.45, 2.75) is 32.7 Å². The monoisotopic (exact) mass is 398 g/mol. The molecule has 1 fully saturated rings. The van der Waals surface area contributed by atoms with Crippen LogP contribution in [0.2, 0.25) is 0 Å². The van der Waals surface area contributed by atoms with Crippen molar-refractivity contribution in [1.29, 1.82) is 0 Å². The highest BCUT2D eigenvalue weighted by Gasteiger charge is 2.29. The van der Waals surface area contributed by atoms with Gasteiger partial charge in [0.05, 0.1) is 12.9 Å². The van der Waals surface area contributed by atoms with E-state index in [9.17, 15) is 14.4 Å². The van der Waals surface area contributed by atoms with Gasteiger partial charge in [0.2, 0.25) is 5.91 Å². The first-order chi connectivity index (χ1) is 14.0. The van der Waals surface area contributed by atoms with E-state index in [1.165, 1.54) is 4.90 Å². The summed E-state index contributed by atoms with van der Waals surface area (Å²) in [6.45, 7) is 3.03. The maximum absolute atomic E-state index is 13.0. The van der Waals surface area contributed by atoms with E-state index in [1.807, 2.05) is 4.57 Å². The number of hydrogen-bond acceptors (Lipinski definition) is 5. The van der Waals surface area contributed by atoms with Crippen LogP contribution in [-0.2, 0) is 20.9 Å². The first-order valence-corrected chi connectivity index (χ1v) is 9.85. The molecule has 0 saturated heterocycles. The largest absolute Gasteiger partial charge is 0.465 e. The van der Waals surface area contributed by atoms with Gasteiger partial charge in [-0.1, -0.05) is 6.07 Å². The molecule has 0 atom stereocenters. The average molecular weight is 398 g/mol. The lowest BCUT2D eigenvalue weighted by atomic mass is 10.1. The van der Waals surface area contributed by atoms with Crippen molar-refractivity contribution >= 4 is 23.5 Å². The fraction of sp³-hybridized carbons (Fsp3) is 0.429. The Hall–Kier alpha value is -3.16. The molecule has 1 aliphatic carbocycles. The van der Waals surface area contributed by atoms with Crippen molar-refractivity contribution in [3.05, 3.63) is 48.5 Å². The van der Waals surface area contributed by atoms with Crippen LogP contribution in [0, 0.1) is 5.92 Å². The molecule has 8 nitrogen and oxygen atoms in total. The molecule has 1 aromatic carbocycles. The van der Waals surface area contributed by atoms with Crippen molar-refractivity contribution in [3.63, 3.8) is 0 Å². The fourth-order valence-corrected chi connectivity index (χ4v) is 2.98. The van der Waals surface area contributed by atoms with Gasteiger partial charge in [-0.2, -0.15) is 0 Å². The predicted octanol–water partition coefficient (Wildman–Crippen LogP) is 2.33. The van der Waals surface area contributed by atoms with Crippen LogP contribution in [0.5, 0.6) is 0 Å². The molecule has 0 bridgehead atoms. The molecule has 1 N–H and O–H groups in total. The lowest BCUT2D eigenvalue weighted by Crippen LogP contribution is -2.38. The molecule has 2 aromatic rings. The van der Waals surface area contributed by atoms with Crippen molar-refractivity contribution in [2.24, 2.45) is 5.92 Å². The summed E-state index contributed by atoms with van der Waals surface area (Å²) in [7, 11) is 0. The van der Waals surface area contributed by atoms with E-state index < -0.39 is 5.97 Å². The Labute approximate surface area is 169 Å². The molecule has 1 saturated carbocycles. The quantitative estimate of drug-likeness (QED) is 0.620. The highest BCUT2D eigenvalue weighted by Crippen LogP contribution is 2.30. The number of nitrogens with one attached hydrogen (secondary N) is 1. The van der Waals surface area contributed by atoms with Gasteiger partial charge in [-0.05, 0) is 43.9 Å². The number of amides is 2. The van der Waals surface area contributed by atoms with Crippen LogP contribution in [-0.4, -0.2) is 51.9 Å². The number of anilines is 1. The normalized spacial score (nSPS) is 13.0. The maximum Gasteiger partial charge on any atom is 0.325 e. The molecule has 1 aromatic heterocycles. The van der Waals surface area contributed by atoms with Crippen LogP contribution in [0.4, 0.5) is 5.69 Å². The third-order valence-corrected chi connectivity index (χ3v) is 4.64. The van der Waals surface area contributed by atoms with Crippen molar-refractivity contribution < 1.29 is 19.1 Å². The zero-order valence-corrected chi connectivity index (χ0v) is 16.5. The number of nitrogens with zero attached hydrogens (tertiary/aromatic N) is 3. The molecule has 154 valence electrons. The van der Waals surface area contributed by atoms with E-state index in [2.05, 4.69) is 10.3 Å². The van der Waals surface area contributed by atoms with Gasteiger partial charge < -0.3 is 19.5 Å². The Bertz CT molecular complexity index is 846. The Morgan fingerprint density at radius 3 is 2.83 bits per heavy atom. The Balaban J connectivity index is 1.61. The van der Waals surface area contributed by atoms with E-state index in [0.29, 0.717) is 36.7 Å². The summed E-state index contributed by atoms with van der Waals surface area (Å²) in [6.07, 6.45) is 7.55. The molecule has 0 aliphatic heterocycles. The molecular weight excluding hydrogens is 372 g/mol. The van der Waals surface area contributed by atoms with Crippen LogP contribution in [0.15, 0.2) is 43.0 Å². The number of hydrogen-bond donors (Lipinski definition) is 1. The Kier molecular flexibility index (Phi) is 6.99. The summed E-state index contributed by atoms with van der Waals surface area (Å²) < 4.78 is 6.82. The molecule has 0 unspecified atom stereocenters. The number of ether oxygens (including phenoxy) is 1. The zero-order valence-electron chi connectivity index (χ0n) is 16.5. The molecular formula is C21H26N4O4. The third-order valence-electron chi connectivity index (χ3n) is 4.64. The fourth-order valence-electron chi connectivity index (χ4n) is 2.98.